The number of aryl methyl sites for hydroxylation is 2. The minimum absolute atomic E-state index is 0.0667. The second-order valence-corrected chi connectivity index (χ2v) is 10.6. The molecule has 6 rings (SSSR count). The molecule has 33 heavy (non-hydrogen) atoms. The maximum Gasteiger partial charge on any atom is 0.231 e. The van der Waals surface area contributed by atoms with Crippen LogP contribution in [0.2, 0.25) is 0 Å². The molecule has 0 saturated heterocycles. The van der Waals surface area contributed by atoms with Crippen LogP contribution in [0.3, 0.4) is 0 Å². The smallest absolute Gasteiger partial charge is 0.231 e. The van der Waals surface area contributed by atoms with E-state index in [9.17, 15) is 4.79 Å². The van der Waals surface area contributed by atoms with Crippen LogP contribution in [-0.2, 0) is 24.2 Å². The molecule has 1 atom stereocenters. The number of nitrogens with zero attached hydrogens (tertiary/aromatic N) is 4. The Morgan fingerprint density at radius 2 is 2.18 bits per heavy atom. The molecule has 4 aromatic rings. The number of amides is 1. The Labute approximate surface area is 198 Å². The normalized spacial score (nSPS) is 17.0. The number of fused-ring (bicyclic) bond motifs is 6. The average Bonchev–Trinajstić information content (AvgIpc) is 3.51. The average molecular weight is 482 g/mol. The second kappa shape index (κ2) is 8.18. The molecule has 1 aromatic carbocycles. The summed E-state index contributed by atoms with van der Waals surface area (Å²) in [5.41, 5.74) is 3.20. The largest absolute Gasteiger partial charge is 0.454 e. The molecule has 1 aliphatic heterocycles. The summed E-state index contributed by atoms with van der Waals surface area (Å²) < 4.78 is 12.7. The number of nitrogens with one attached hydrogen (secondary N) is 1. The van der Waals surface area contributed by atoms with Crippen LogP contribution in [0, 0.1) is 12.8 Å². The fraction of sp³-hybridized carbons (Fsp3) is 0.391. The number of benzene rings is 1. The monoisotopic (exact) mass is 481 g/mol. The van der Waals surface area contributed by atoms with Gasteiger partial charge in [0.1, 0.15) is 10.7 Å². The molecule has 8 nitrogen and oxygen atoms in total. The van der Waals surface area contributed by atoms with Crippen molar-refractivity contribution >= 4 is 44.9 Å². The lowest BCUT2D eigenvalue weighted by Gasteiger charge is -2.17. The first-order valence-corrected chi connectivity index (χ1v) is 12.8. The number of carbonyl (C=O) groups excluding carboxylic acids is 1. The molecule has 2 aliphatic rings. The minimum Gasteiger partial charge on any atom is -0.454 e. The van der Waals surface area contributed by atoms with Crippen molar-refractivity contribution < 1.29 is 14.3 Å². The Morgan fingerprint density at radius 1 is 1.30 bits per heavy atom. The van der Waals surface area contributed by atoms with Gasteiger partial charge in [-0.3, -0.25) is 9.20 Å². The molecule has 4 heterocycles. The van der Waals surface area contributed by atoms with Crippen LogP contribution in [0.5, 0.6) is 11.5 Å². The van der Waals surface area contributed by atoms with Crippen LogP contribution in [0.1, 0.15) is 35.2 Å². The lowest BCUT2D eigenvalue weighted by molar-refractivity contribution is -0.118. The molecule has 1 unspecified atom stereocenters. The van der Waals surface area contributed by atoms with Gasteiger partial charge in [-0.2, -0.15) is 0 Å². The van der Waals surface area contributed by atoms with E-state index in [0.29, 0.717) is 23.4 Å². The summed E-state index contributed by atoms with van der Waals surface area (Å²) in [6, 6.07) is 5.68. The summed E-state index contributed by atoms with van der Waals surface area (Å²) in [5, 5.41) is 13.7. The van der Waals surface area contributed by atoms with Crippen molar-refractivity contribution in [2.24, 2.45) is 5.92 Å². The molecule has 1 amide bonds. The SMILES string of the molecule is Cc1nc2sc3c(c2c2nnc(SCC(=O)NCc4ccc5c(c4)OCO5)n12)CCC(C)C3. The van der Waals surface area contributed by atoms with E-state index in [-0.39, 0.29) is 18.5 Å². The predicted octanol–water partition coefficient (Wildman–Crippen LogP) is 3.91. The summed E-state index contributed by atoms with van der Waals surface area (Å²) in [7, 11) is 0. The van der Waals surface area contributed by atoms with Gasteiger partial charge in [-0.05, 0) is 55.4 Å². The molecule has 0 spiro atoms. The zero-order valence-electron chi connectivity index (χ0n) is 18.4. The minimum atomic E-state index is -0.0667. The third-order valence-electron chi connectivity index (χ3n) is 6.20. The van der Waals surface area contributed by atoms with Crippen LogP contribution in [0.15, 0.2) is 23.4 Å². The Hall–Kier alpha value is -2.85. The van der Waals surface area contributed by atoms with E-state index in [2.05, 4.69) is 22.4 Å². The molecule has 0 radical (unpaired) electrons. The number of hydrogen-bond donors (Lipinski definition) is 1. The van der Waals surface area contributed by atoms with Gasteiger partial charge in [0.05, 0.1) is 11.1 Å². The van der Waals surface area contributed by atoms with E-state index in [1.165, 1.54) is 28.6 Å². The first-order chi connectivity index (χ1) is 16.1. The maximum absolute atomic E-state index is 12.5. The standard InChI is InChI=1S/C23H23N5O3S2/c1-12-3-5-15-18(7-12)33-22-20(15)21-26-27-23(28(21)13(2)25-22)32-10-19(29)24-9-14-4-6-16-17(8-14)31-11-30-16/h4,6,8,12H,3,5,7,9-11H2,1-2H3,(H,24,29). The molecular formula is C23H23N5O3S2. The number of hydrogen-bond acceptors (Lipinski definition) is 8. The van der Waals surface area contributed by atoms with Gasteiger partial charge in [-0.25, -0.2) is 4.98 Å². The van der Waals surface area contributed by atoms with E-state index in [1.54, 1.807) is 11.3 Å². The first-order valence-electron chi connectivity index (χ1n) is 11.0. The van der Waals surface area contributed by atoms with Crippen molar-refractivity contribution in [2.75, 3.05) is 12.5 Å². The summed E-state index contributed by atoms with van der Waals surface area (Å²) in [6.45, 7) is 4.95. The lowest BCUT2D eigenvalue weighted by Crippen LogP contribution is -2.24. The molecule has 0 fully saturated rings. The molecular weight excluding hydrogens is 458 g/mol. The zero-order valence-corrected chi connectivity index (χ0v) is 20.0. The highest BCUT2D eigenvalue weighted by Gasteiger charge is 2.25. The predicted molar refractivity (Wildman–Crippen MR) is 127 cm³/mol. The fourth-order valence-electron chi connectivity index (χ4n) is 4.49. The van der Waals surface area contributed by atoms with E-state index in [0.717, 1.165) is 45.8 Å². The number of aromatic nitrogens is 4. The number of ether oxygens (including phenoxy) is 2. The van der Waals surface area contributed by atoms with Gasteiger partial charge in [0, 0.05) is 11.4 Å². The van der Waals surface area contributed by atoms with Crippen LogP contribution >= 0.6 is 23.1 Å². The van der Waals surface area contributed by atoms with Crippen molar-refractivity contribution in [3.05, 3.63) is 40.0 Å². The quantitative estimate of drug-likeness (QED) is 0.432. The Bertz CT molecular complexity index is 1400. The Morgan fingerprint density at radius 3 is 3.09 bits per heavy atom. The molecule has 0 saturated carbocycles. The van der Waals surface area contributed by atoms with Gasteiger partial charge in [-0.1, -0.05) is 24.8 Å². The summed E-state index contributed by atoms with van der Waals surface area (Å²) >= 11 is 3.17. The van der Waals surface area contributed by atoms with E-state index >= 15 is 0 Å². The topological polar surface area (TPSA) is 90.6 Å². The Balaban J connectivity index is 1.18. The van der Waals surface area contributed by atoms with Crippen LogP contribution in [-0.4, -0.2) is 38.0 Å². The second-order valence-electron chi connectivity index (χ2n) is 8.59. The highest BCUT2D eigenvalue weighted by Crippen LogP contribution is 2.39. The number of rotatable bonds is 5. The van der Waals surface area contributed by atoms with Crippen LogP contribution in [0.25, 0.3) is 15.9 Å². The molecule has 10 heteroatoms. The van der Waals surface area contributed by atoms with E-state index in [1.807, 2.05) is 29.5 Å². The van der Waals surface area contributed by atoms with E-state index < -0.39 is 0 Å². The highest BCUT2D eigenvalue weighted by molar-refractivity contribution is 7.99. The maximum atomic E-state index is 12.5. The van der Waals surface area contributed by atoms with Crippen molar-refractivity contribution in [1.29, 1.82) is 0 Å². The van der Waals surface area contributed by atoms with Gasteiger partial charge in [0.15, 0.2) is 22.3 Å². The summed E-state index contributed by atoms with van der Waals surface area (Å²) in [4.78, 5) is 19.8. The number of thiophene rings is 1. The molecule has 1 N–H and O–H groups in total. The van der Waals surface area contributed by atoms with Crippen molar-refractivity contribution in [2.45, 2.75) is 44.8 Å². The first kappa shape index (κ1) is 20.7. The molecule has 0 bridgehead atoms. The van der Waals surface area contributed by atoms with Gasteiger partial charge < -0.3 is 14.8 Å². The van der Waals surface area contributed by atoms with Crippen LogP contribution in [0.4, 0.5) is 0 Å². The third-order valence-corrected chi connectivity index (χ3v) is 8.27. The summed E-state index contributed by atoms with van der Waals surface area (Å²) in [6.07, 6.45) is 3.37. The van der Waals surface area contributed by atoms with Crippen molar-refractivity contribution in [3.63, 3.8) is 0 Å². The zero-order chi connectivity index (χ0) is 22.5. The van der Waals surface area contributed by atoms with Crippen LogP contribution < -0.4 is 14.8 Å². The van der Waals surface area contributed by atoms with Crippen molar-refractivity contribution in [3.8, 4) is 11.5 Å². The van der Waals surface area contributed by atoms with Gasteiger partial charge in [0.2, 0.25) is 12.7 Å². The Kier molecular flexibility index (Phi) is 5.14. The summed E-state index contributed by atoms with van der Waals surface area (Å²) in [5.74, 6) is 3.19. The highest BCUT2D eigenvalue weighted by atomic mass is 32.2. The van der Waals surface area contributed by atoms with Crippen molar-refractivity contribution in [1.82, 2.24) is 24.9 Å². The molecule has 170 valence electrons. The number of carbonyl (C=O) groups is 1. The van der Waals surface area contributed by atoms with Gasteiger partial charge >= 0.3 is 0 Å². The van der Waals surface area contributed by atoms with Gasteiger partial charge in [0.25, 0.3) is 0 Å². The fourth-order valence-corrected chi connectivity index (χ4v) is 6.72. The van der Waals surface area contributed by atoms with Gasteiger partial charge in [-0.15, -0.1) is 21.5 Å². The third kappa shape index (κ3) is 3.71. The van der Waals surface area contributed by atoms with E-state index in [4.69, 9.17) is 14.5 Å². The molecule has 1 aliphatic carbocycles. The molecule has 3 aromatic heterocycles. The lowest BCUT2D eigenvalue weighted by atomic mass is 9.89. The number of thioether (sulfide) groups is 1.